The second-order valence-corrected chi connectivity index (χ2v) is 7.58. The zero-order valence-electron chi connectivity index (χ0n) is 14.9. The number of morpholine rings is 1. The average Bonchev–Trinajstić information content (AvgIpc) is 3.27. The van der Waals surface area contributed by atoms with Gasteiger partial charge in [0.2, 0.25) is 0 Å². The van der Waals surface area contributed by atoms with Crippen LogP contribution in [0.1, 0.15) is 32.7 Å². The number of rotatable bonds is 5. The molecule has 0 aromatic carbocycles. The fourth-order valence-electron chi connectivity index (χ4n) is 3.22. The van der Waals surface area contributed by atoms with Gasteiger partial charge in [0.15, 0.2) is 21.8 Å². The van der Waals surface area contributed by atoms with E-state index in [9.17, 15) is 0 Å². The molecule has 26 heavy (non-hydrogen) atoms. The number of aromatic nitrogens is 5. The molecule has 7 nitrogen and oxygen atoms in total. The third-order valence-electron chi connectivity index (χ3n) is 4.73. The van der Waals surface area contributed by atoms with Crippen molar-refractivity contribution in [2.24, 2.45) is 0 Å². The Labute approximate surface area is 161 Å². The number of nitrogens with zero attached hydrogens (tertiary/aromatic N) is 6. The molecule has 0 atom stereocenters. The highest BCUT2D eigenvalue weighted by atomic mass is 35.5. The molecule has 0 aliphatic carbocycles. The van der Waals surface area contributed by atoms with Crippen molar-refractivity contribution in [2.75, 3.05) is 31.2 Å². The number of hydrogen-bond donors (Lipinski definition) is 0. The summed E-state index contributed by atoms with van der Waals surface area (Å²) in [5.41, 5.74) is 1.65. The summed E-state index contributed by atoms with van der Waals surface area (Å²) in [6.45, 7) is 7.43. The minimum atomic E-state index is 0.411. The minimum absolute atomic E-state index is 0.411. The van der Waals surface area contributed by atoms with Gasteiger partial charge in [-0.3, -0.25) is 0 Å². The fraction of sp³-hybridized carbons (Fsp3) is 0.529. The Morgan fingerprint density at radius 2 is 1.96 bits per heavy atom. The Kier molecular flexibility index (Phi) is 5.06. The molecule has 1 aliphatic heterocycles. The predicted molar refractivity (Wildman–Crippen MR) is 104 cm³/mol. The summed E-state index contributed by atoms with van der Waals surface area (Å²) in [4.78, 5) is 21.1. The van der Waals surface area contributed by atoms with Gasteiger partial charge >= 0.3 is 0 Å². The monoisotopic (exact) mass is 392 g/mol. The van der Waals surface area contributed by atoms with E-state index >= 15 is 0 Å². The van der Waals surface area contributed by atoms with E-state index in [1.165, 1.54) is 11.3 Å². The van der Waals surface area contributed by atoms with E-state index in [0.29, 0.717) is 35.9 Å². The second kappa shape index (κ2) is 7.46. The molecule has 1 aliphatic rings. The van der Waals surface area contributed by atoms with Gasteiger partial charge in [0.25, 0.3) is 0 Å². The van der Waals surface area contributed by atoms with Crippen molar-refractivity contribution in [2.45, 2.75) is 32.7 Å². The largest absolute Gasteiger partial charge is 0.378 e. The first kappa shape index (κ1) is 17.6. The van der Waals surface area contributed by atoms with Crippen molar-refractivity contribution in [3.8, 4) is 10.7 Å². The van der Waals surface area contributed by atoms with Crippen molar-refractivity contribution < 1.29 is 4.74 Å². The third-order valence-corrected chi connectivity index (χ3v) is 6.23. The first-order valence-corrected chi connectivity index (χ1v) is 10.1. The highest BCUT2D eigenvalue weighted by Crippen LogP contribution is 2.36. The molecule has 9 heteroatoms. The summed E-state index contributed by atoms with van der Waals surface area (Å²) in [5.74, 6) is 0.578. The van der Waals surface area contributed by atoms with Crippen LogP contribution in [0.4, 0.5) is 5.13 Å². The Morgan fingerprint density at radius 1 is 1.19 bits per heavy atom. The highest BCUT2D eigenvalue weighted by molar-refractivity contribution is 7.19. The molecular weight excluding hydrogens is 372 g/mol. The molecule has 0 unspecified atom stereocenters. The van der Waals surface area contributed by atoms with Crippen LogP contribution in [0.15, 0.2) is 12.5 Å². The number of hydrogen-bond acceptors (Lipinski definition) is 7. The highest BCUT2D eigenvalue weighted by Gasteiger charge is 2.21. The molecule has 0 saturated carbocycles. The number of imidazole rings is 1. The van der Waals surface area contributed by atoms with Crippen molar-refractivity contribution in [3.63, 3.8) is 0 Å². The maximum atomic E-state index is 6.39. The lowest BCUT2D eigenvalue weighted by Gasteiger charge is -2.25. The predicted octanol–water partition coefficient (Wildman–Crippen LogP) is 3.80. The molecule has 0 spiro atoms. The topological polar surface area (TPSA) is 69.0 Å². The lowest BCUT2D eigenvalue weighted by molar-refractivity contribution is 0.122. The number of ether oxygens (including phenoxy) is 1. The zero-order chi connectivity index (χ0) is 18.1. The summed E-state index contributed by atoms with van der Waals surface area (Å²) in [6, 6.07) is 0.411. The molecule has 3 aromatic rings. The molecule has 4 rings (SSSR count). The number of thiazole rings is 1. The normalized spacial score (nSPS) is 15.3. The molecule has 1 fully saturated rings. The molecule has 0 N–H and O–H groups in total. The minimum Gasteiger partial charge on any atom is -0.378 e. The zero-order valence-corrected chi connectivity index (χ0v) is 16.4. The molecule has 4 heterocycles. The standard InChI is InChI=1S/C17H21ClN6OS/c1-3-11(4-2)24-10-20-15-12(24)9-19-16(22-15)13-14(18)21-17(26-13)23-5-7-25-8-6-23/h9-11H,3-8H2,1-2H3. The van der Waals surface area contributed by atoms with Gasteiger partial charge in [-0.25, -0.2) is 19.9 Å². The van der Waals surface area contributed by atoms with Gasteiger partial charge in [-0.15, -0.1) is 0 Å². The smallest absolute Gasteiger partial charge is 0.187 e. The Hall–Kier alpha value is -1.77. The molecule has 1 saturated heterocycles. The maximum Gasteiger partial charge on any atom is 0.187 e. The van der Waals surface area contributed by atoms with E-state index in [4.69, 9.17) is 16.3 Å². The average molecular weight is 393 g/mol. The van der Waals surface area contributed by atoms with Crippen LogP contribution in [0, 0.1) is 0 Å². The lowest BCUT2D eigenvalue weighted by atomic mass is 10.2. The summed E-state index contributed by atoms with van der Waals surface area (Å²) in [5, 5.41) is 1.33. The van der Waals surface area contributed by atoms with E-state index in [1.807, 2.05) is 12.5 Å². The van der Waals surface area contributed by atoms with Crippen LogP contribution >= 0.6 is 22.9 Å². The van der Waals surface area contributed by atoms with Crippen LogP contribution < -0.4 is 4.90 Å². The van der Waals surface area contributed by atoms with Crippen LogP contribution in [0.3, 0.4) is 0 Å². The summed E-state index contributed by atoms with van der Waals surface area (Å²) in [6.07, 6.45) is 5.79. The molecular formula is C17H21ClN6OS. The van der Waals surface area contributed by atoms with E-state index < -0.39 is 0 Å². The Bertz CT molecular complexity index is 900. The van der Waals surface area contributed by atoms with Crippen LogP contribution in [-0.2, 0) is 4.74 Å². The summed E-state index contributed by atoms with van der Waals surface area (Å²) < 4.78 is 7.56. The van der Waals surface area contributed by atoms with Crippen molar-refractivity contribution in [1.29, 1.82) is 0 Å². The van der Waals surface area contributed by atoms with Gasteiger partial charge < -0.3 is 14.2 Å². The second-order valence-electron chi connectivity index (χ2n) is 6.24. The lowest BCUT2D eigenvalue weighted by Crippen LogP contribution is -2.36. The molecule has 0 radical (unpaired) electrons. The van der Waals surface area contributed by atoms with E-state index in [-0.39, 0.29) is 0 Å². The van der Waals surface area contributed by atoms with Crippen molar-refractivity contribution >= 4 is 39.2 Å². The number of halogens is 1. The van der Waals surface area contributed by atoms with E-state index in [1.54, 1.807) is 0 Å². The number of anilines is 1. The van der Waals surface area contributed by atoms with Gasteiger partial charge in [0, 0.05) is 19.1 Å². The molecule has 0 amide bonds. The summed E-state index contributed by atoms with van der Waals surface area (Å²) in [7, 11) is 0. The third kappa shape index (κ3) is 3.17. The maximum absolute atomic E-state index is 6.39. The van der Waals surface area contributed by atoms with Gasteiger partial charge in [-0.05, 0) is 12.8 Å². The van der Waals surface area contributed by atoms with Crippen molar-refractivity contribution in [1.82, 2.24) is 24.5 Å². The number of fused-ring (bicyclic) bond motifs is 1. The molecule has 0 bridgehead atoms. The van der Waals surface area contributed by atoms with E-state index in [2.05, 4.69) is 43.3 Å². The fourth-order valence-corrected chi connectivity index (χ4v) is 4.50. The van der Waals surface area contributed by atoms with Crippen LogP contribution in [-0.4, -0.2) is 50.8 Å². The quantitative estimate of drug-likeness (QED) is 0.657. The SMILES string of the molecule is CCC(CC)n1cnc2nc(-c3sc(N4CCOCC4)nc3Cl)ncc21. The van der Waals surface area contributed by atoms with E-state index in [0.717, 1.165) is 41.5 Å². The Balaban J connectivity index is 1.68. The van der Waals surface area contributed by atoms with Gasteiger partial charge in [-0.1, -0.05) is 36.8 Å². The van der Waals surface area contributed by atoms with Crippen LogP contribution in [0.2, 0.25) is 5.15 Å². The van der Waals surface area contributed by atoms with Gasteiger partial charge in [0.1, 0.15) is 10.4 Å². The first-order chi connectivity index (χ1) is 12.7. The molecule has 3 aromatic heterocycles. The van der Waals surface area contributed by atoms with Crippen molar-refractivity contribution in [3.05, 3.63) is 17.7 Å². The Morgan fingerprint density at radius 3 is 2.69 bits per heavy atom. The van der Waals surface area contributed by atoms with Crippen LogP contribution in [0.25, 0.3) is 21.9 Å². The van der Waals surface area contributed by atoms with Gasteiger partial charge in [-0.2, -0.15) is 0 Å². The summed E-state index contributed by atoms with van der Waals surface area (Å²) >= 11 is 7.90. The van der Waals surface area contributed by atoms with Crippen LogP contribution in [0.5, 0.6) is 0 Å². The molecule has 138 valence electrons. The van der Waals surface area contributed by atoms with Gasteiger partial charge in [0.05, 0.1) is 25.7 Å². The first-order valence-electron chi connectivity index (χ1n) is 8.90.